The quantitative estimate of drug-likeness (QED) is 0.767. The fraction of sp³-hybridized carbons (Fsp3) is 0.800. The highest BCUT2D eigenvalue weighted by Crippen LogP contribution is 2.26. The molecule has 0 aliphatic heterocycles. The van der Waals surface area contributed by atoms with Gasteiger partial charge in [-0.2, -0.15) is 15.0 Å². The summed E-state index contributed by atoms with van der Waals surface area (Å²) in [6.07, 6.45) is 8.09. The van der Waals surface area contributed by atoms with Crippen molar-refractivity contribution in [3.05, 3.63) is 0 Å². The summed E-state index contributed by atoms with van der Waals surface area (Å²) in [6, 6.07) is 0.378. The summed E-state index contributed by atoms with van der Waals surface area (Å²) < 4.78 is 5.39. The van der Waals surface area contributed by atoms with Crippen LogP contribution in [0.5, 0.6) is 6.01 Å². The van der Waals surface area contributed by atoms with E-state index in [2.05, 4.69) is 25.6 Å². The molecule has 0 bridgehead atoms. The predicted molar refractivity (Wildman–Crippen MR) is 84.8 cm³/mol. The van der Waals surface area contributed by atoms with Crippen molar-refractivity contribution >= 4 is 11.9 Å². The molecular weight excluding hydrogens is 266 g/mol. The Morgan fingerprint density at radius 1 is 1.00 bits per heavy atom. The van der Waals surface area contributed by atoms with Crippen LogP contribution in [0.3, 0.4) is 0 Å². The van der Waals surface area contributed by atoms with Gasteiger partial charge in [0.1, 0.15) is 0 Å². The Morgan fingerprint density at radius 3 is 2.38 bits per heavy atom. The number of aromatic nitrogens is 3. The number of hydrogen-bond donors (Lipinski definition) is 2. The molecule has 0 saturated heterocycles. The van der Waals surface area contributed by atoms with Gasteiger partial charge in [0.2, 0.25) is 11.9 Å². The number of hydrogen-bond acceptors (Lipinski definition) is 6. The number of nitrogens with one attached hydrogen (secondary N) is 2. The molecule has 2 N–H and O–H groups in total. The van der Waals surface area contributed by atoms with Crippen molar-refractivity contribution in [1.82, 2.24) is 15.0 Å². The zero-order valence-electron chi connectivity index (χ0n) is 13.2. The molecule has 1 fully saturated rings. The molecule has 1 saturated carbocycles. The van der Waals surface area contributed by atoms with Crippen LogP contribution in [0.4, 0.5) is 11.9 Å². The van der Waals surface area contributed by atoms with Gasteiger partial charge in [-0.05, 0) is 26.2 Å². The molecule has 6 nitrogen and oxygen atoms in total. The van der Waals surface area contributed by atoms with E-state index in [4.69, 9.17) is 4.74 Å². The molecule has 1 aliphatic rings. The Morgan fingerprint density at radius 2 is 1.71 bits per heavy atom. The Hall–Kier alpha value is -1.59. The second-order valence-electron chi connectivity index (χ2n) is 5.45. The standard InChI is InChI=1S/C15H27N5O/c1-3-16-13-18-14(20-15(19-13)21-4-2)17-11-10-12-8-6-5-7-9-12/h12H,3-11H2,1-2H3,(H2,16,17,18,19,20). The fourth-order valence-corrected chi connectivity index (χ4v) is 2.73. The maximum atomic E-state index is 5.39. The second-order valence-corrected chi connectivity index (χ2v) is 5.45. The van der Waals surface area contributed by atoms with Gasteiger partial charge in [-0.25, -0.2) is 0 Å². The van der Waals surface area contributed by atoms with Gasteiger partial charge in [0, 0.05) is 13.1 Å². The molecule has 1 aromatic rings. The van der Waals surface area contributed by atoms with E-state index in [1.54, 1.807) is 0 Å². The average molecular weight is 293 g/mol. The molecule has 0 atom stereocenters. The molecular formula is C15H27N5O. The van der Waals surface area contributed by atoms with Gasteiger partial charge in [0.15, 0.2) is 0 Å². The van der Waals surface area contributed by atoms with Crippen LogP contribution in [0.25, 0.3) is 0 Å². The lowest BCUT2D eigenvalue weighted by atomic mass is 9.87. The van der Waals surface area contributed by atoms with Crippen LogP contribution in [-0.4, -0.2) is 34.6 Å². The largest absolute Gasteiger partial charge is 0.464 e. The first-order valence-corrected chi connectivity index (χ1v) is 8.18. The first-order chi connectivity index (χ1) is 10.3. The first-order valence-electron chi connectivity index (χ1n) is 8.18. The van der Waals surface area contributed by atoms with Crippen LogP contribution < -0.4 is 15.4 Å². The summed E-state index contributed by atoms with van der Waals surface area (Å²) in [7, 11) is 0. The van der Waals surface area contributed by atoms with Crippen molar-refractivity contribution in [2.24, 2.45) is 5.92 Å². The Bertz CT molecular complexity index is 396. The van der Waals surface area contributed by atoms with E-state index < -0.39 is 0 Å². The SMILES string of the molecule is CCNc1nc(NCCC2CCCCC2)nc(OCC)n1. The third kappa shape index (κ3) is 5.36. The van der Waals surface area contributed by atoms with Gasteiger partial charge in [0.05, 0.1) is 6.61 Å². The van der Waals surface area contributed by atoms with E-state index in [-0.39, 0.29) is 0 Å². The van der Waals surface area contributed by atoms with Gasteiger partial charge in [-0.1, -0.05) is 32.1 Å². The molecule has 2 rings (SSSR count). The maximum Gasteiger partial charge on any atom is 0.323 e. The molecule has 1 aliphatic carbocycles. The van der Waals surface area contributed by atoms with Crippen molar-refractivity contribution in [2.45, 2.75) is 52.4 Å². The van der Waals surface area contributed by atoms with Gasteiger partial charge < -0.3 is 15.4 Å². The monoisotopic (exact) mass is 293 g/mol. The molecule has 1 aromatic heterocycles. The Labute approximate surface area is 127 Å². The molecule has 0 spiro atoms. The van der Waals surface area contributed by atoms with E-state index in [0.717, 1.165) is 19.0 Å². The highest BCUT2D eigenvalue weighted by Gasteiger charge is 2.13. The van der Waals surface area contributed by atoms with Crippen LogP contribution in [0.1, 0.15) is 52.4 Å². The van der Waals surface area contributed by atoms with Crippen LogP contribution in [0.15, 0.2) is 0 Å². The normalized spacial score (nSPS) is 15.7. The molecule has 1 heterocycles. The summed E-state index contributed by atoms with van der Waals surface area (Å²) >= 11 is 0. The minimum absolute atomic E-state index is 0.378. The summed E-state index contributed by atoms with van der Waals surface area (Å²) in [5.74, 6) is 2.02. The van der Waals surface area contributed by atoms with Crippen LogP contribution >= 0.6 is 0 Å². The minimum Gasteiger partial charge on any atom is -0.464 e. The highest BCUT2D eigenvalue weighted by atomic mass is 16.5. The summed E-state index contributed by atoms with van der Waals surface area (Å²) in [4.78, 5) is 12.9. The Kier molecular flexibility index (Phi) is 6.50. The number of rotatable bonds is 8. The van der Waals surface area contributed by atoms with E-state index in [1.165, 1.54) is 38.5 Å². The first kappa shape index (κ1) is 15.8. The fourth-order valence-electron chi connectivity index (χ4n) is 2.73. The number of ether oxygens (including phenoxy) is 1. The van der Waals surface area contributed by atoms with E-state index >= 15 is 0 Å². The molecule has 0 amide bonds. The maximum absolute atomic E-state index is 5.39. The topological polar surface area (TPSA) is 72.0 Å². The predicted octanol–water partition coefficient (Wildman–Crippen LogP) is 3.08. The molecule has 21 heavy (non-hydrogen) atoms. The smallest absolute Gasteiger partial charge is 0.323 e. The average Bonchev–Trinajstić information content (AvgIpc) is 2.49. The van der Waals surface area contributed by atoms with Crippen LogP contribution in [0, 0.1) is 5.92 Å². The summed E-state index contributed by atoms with van der Waals surface area (Å²) in [5, 5.41) is 6.41. The lowest BCUT2D eigenvalue weighted by Gasteiger charge is -2.21. The lowest BCUT2D eigenvalue weighted by molar-refractivity contribution is 0.312. The molecule has 118 valence electrons. The van der Waals surface area contributed by atoms with E-state index in [9.17, 15) is 0 Å². The summed E-state index contributed by atoms with van der Waals surface area (Å²) in [6.45, 7) is 6.17. The van der Waals surface area contributed by atoms with Crippen molar-refractivity contribution in [2.75, 3.05) is 30.3 Å². The van der Waals surface area contributed by atoms with Crippen molar-refractivity contribution in [3.63, 3.8) is 0 Å². The third-order valence-electron chi connectivity index (χ3n) is 3.78. The molecule has 6 heteroatoms. The molecule has 0 radical (unpaired) electrons. The highest BCUT2D eigenvalue weighted by molar-refractivity contribution is 5.35. The van der Waals surface area contributed by atoms with Gasteiger partial charge in [-0.15, -0.1) is 0 Å². The number of anilines is 2. The van der Waals surface area contributed by atoms with Gasteiger partial charge >= 0.3 is 6.01 Å². The van der Waals surface area contributed by atoms with Crippen LogP contribution in [-0.2, 0) is 0 Å². The van der Waals surface area contributed by atoms with Gasteiger partial charge in [0.25, 0.3) is 0 Å². The lowest BCUT2D eigenvalue weighted by Crippen LogP contribution is -2.15. The zero-order chi connectivity index (χ0) is 14.9. The Balaban J connectivity index is 1.87. The minimum atomic E-state index is 0.378. The zero-order valence-corrected chi connectivity index (χ0v) is 13.2. The molecule has 0 unspecified atom stereocenters. The summed E-state index contributed by atoms with van der Waals surface area (Å²) in [5.41, 5.74) is 0. The van der Waals surface area contributed by atoms with Crippen LogP contribution in [0.2, 0.25) is 0 Å². The van der Waals surface area contributed by atoms with Crippen molar-refractivity contribution in [1.29, 1.82) is 0 Å². The second kappa shape index (κ2) is 8.64. The number of nitrogens with zero attached hydrogens (tertiary/aromatic N) is 3. The van der Waals surface area contributed by atoms with Crippen molar-refractivity contribution < 1.29 is 4.74 Å². The van der Waals surface area contributed by atoms with E-state index in [0.29, 0.717) is 24.5 Å². The molecule has 0 aromatic carbocycles. The van der Waals surface area contributed by atoms with E-state index in [1.807, 2.05) is 13.8 Å². The van der Waals surface area contributed by atoms with Gasteiger partial charge in [-0.3, -0.25) is 0 Å². The van der Waals surface area contributed by atoms with Crippen molar-refractivity contribution in [3.8, 4) is 6.01 Å². The third-order valence-corrected chi connectivity index (χ3v) is 3.78.